The van der Waals surface area contributed by atoms with Gasteiger partial charge >= 0.3 is 129 Å². The van der Waals surface area contributed by atoms with E-state index in [1.54, 1.807) is 5.29 Å². The normalized spacial score (nSPS) is 16.9. The second-order valence-corrected chi connectivity index (χ2v) is 12.1. The standard InChI is InChI=1S/C16H12Te2/c1-3-7-13(8-4-1)11-16-17-12-15(18-16)14-9-5-2-6-10-14/h1-12H/b16-11-. The van der Waals surface area contributed by atoms with Gasteiger partial charge in [0.1, 0.15) is 0 Å². The van der Waals surface area contributed by atoms with Gasteiger partial charge in [0.2, 0.25) is 0 Å². The molecule has 2 aromatic carbocycles. The summed E-state index contributed by atoms with van der Waals surface area (Å²) in [5, 5.41) is 0. The molecule has 2 heteroatoms. The minimum atomic E-state index is -0.106. The Kier molecular flexibility index (Phi) is 4.24. The topological polar surface area (TPSA) is 0 Å². The van der Waals surface area contributed by atoms with Gasteiger partial charge in [-0.3, -0.25) is 0 Å². The summed E-state index contributed by atoms with van der Waals surface area (Å²) in [6.45, 7) is 0. The number of hydrogen-bond donors (Lipinski definition) is 0. The fourth-order valence-electron chi connectivity index (χ4n) is 1.75. The molecule has 0 aliphatic carbocycles. The van der Waals surface area contributed by atoms with Crippen LogP contribution in [-0.4, -0.2) is 41.8 Å². The van der Waals surface area contributed by atoms with Gasteiger partial charge in [-0.05, 0) is 0 Å². The van der Waals surface area contributed by atoms with Crippen molar-refractivity contribution in [3.63, 3.8) is 0 Å². The summed E-state index contributed by atoms with van der Waals surface area (Å²) in [7, 11) is 0. The molecule has 0 spiro atoms. The maximum atomic E-state index is 2.54. The molecule has 0 fully saturated rings. The van der Waals surface area contributed by atoms with E-state index in [0.717, 1.165) is 0 Å². The van der Waals surface area contributed by atoms with Crippen LogP contribution in [0.3, 0.4) is 0 Å². The molecule has 2 aromatic rings. The Morgan fingerprint density at radius 1 is 0.778 bits per heavy atom. The monoisotopic (exact) mass is 464 g/mol. The van der Waals surface area contributed by atoms with Crippen molar-refractivity contribution in [2.75, 3.05) is 0 Å². The molecule has 0 amide bonds. The predicted molar refractivity (Wildman–Crippen MR) is 80.3 cm³/mol. The first-order chi connectivity index (χ1) is 8.92. The predicted octanol–water partition coefficient (Wildman–Crippen LogP) is 3.41. The SMILES string of the molecule is C1=C(c2ccccc2)[Te]/C(=C\c2ccccc2)[Te]1. The van der Waals surface area contributed by atoms with Gasteiger partial charge in [-0.15, -0.1) is 0 Å². The molecule has 0 saturated carbocycles. The molecule has 88 valence electrons. The zero-order valence-corrected chi connectivity index (χ0v) is 14.4. The summed E-state index contributed by atoms with van der Waals surface area (Å²) in [6, 6.07) is 21.6. The summed E-state index contributed by atoms with van der Waals surface area (Å²) >= 11 is -0.146. The molecule has 3 rings (SSSR count). The van der Waals surface area contributed by atoms with E-state index in [9.17, 15) is 0 Å². The van der Waals surface area contributed by atoms with Crippen molar-refractivity contribution in [1.29, 1.82) is 0 Å². The summed E-state index contributed by atoms with van der Waals surface area (Å²) in [5.41, 5.74) is 2.81. The summed E-state index contributed by atoms with van der Waals surface area (Å²) in [4.78, 5) is 0. The van der Waals surface area contributed by atoms with Crippen LogP contribution in [0.2, 0.25) is 0 Å². The van der Waals surface area contributed by atoms with Gasteiger partial charge in [-0.1, -0.05) is 0 Å². The first-order valence-corrected chi connectivity index (χ1v) is 10.6. The van der Waals surface area contributed by atoms with E-state index in [4.69, 9.17) is 0 Å². The summed E-state index contributed by atoms with van der Waals surface area (Å²) in [6.07, 6.45) is 2.43. The number of rotatable bonds is 2. The molecule has 0 saturated heterocycles. The van der Waals surface area contributed by atoms with Crippen LogP contribution in [0.5, 0.6) is 0 Å². The van der Waals surface area contributed by atoms with Crippen molar-refractivity contribution in [1.82, 2.24) is 0 Å². The third-order valence-electron chi connectivity index (χ3n) is 2.64. The quantitative estimate of drug-likeness (QED) is 0.604. The second kappa shape index (κ2) is 6.10. The maximum absolute atomic E-state index is 2.54. The molecule has 0 bridgehead atoms. The first kappa shape index (κ1) is 12.5. The fraction of sp³-hybridized carbons (Fsp3) is 0. The Bertz CT molecular complexity index is 583. The average Bonchev–Trinajstić information content (AvgIpc) is 2.89. The second-order valence-electron chi connectivity index (χ2n) is 3.94. The zero-order chi connectivity index (χ0) is 12.2. The molecule has 0 N–H and O–H groups in total. The van der Waals surface area contributed by atoms with Gasteiger partial charge in [0, 0.05) is 0 Å². The number of benzene rings is 2. The van der Waals surface area contributed by atoms with E-state index >= 15 is 0 Å². The van der Waals surface area contributed by atoms with Crippen LogP contribution in [0.15, 0.2) is 66.5 Å². The average molecular weight is 459 g/mol. The van der Waals surface area contributed by atoms with E-state index in [1.807, 2.05) is 0 Å². The Balaban J connectivity index is 1.77. The zero-order valence-electron chi connectivity index (χ0n) is 9.74. The molecule has 0 unspecified atom stereocenters. The van der Waals surface area contributed by atoms with E-state index in [1.165, 1.54) is 11.1 Å². The summed E-state index contributed by atoms with van der Waals surface area (Å²) < 4.78 is 5.94. The molecule has 0 radical (unpaired) electrons. The Hall–Kier alpha value is -0.501. The van der Waals surface area contributed by atoms with Gasteiger partial charge in [0.15, 0.2) is 0 Å². The van der Waals surface area contributed by atoms with Crippen molar-refractivity contribution in [2.24, 2.45) is 0 Å². The first-order valence-electron chi connectivity index (χ1n) is 5.79. The van der Waals surface area contributed by atoms with Gasteiger partial charge in [0.25, 0.3) is 0 Å². The van der Waals surface area contributed by atoms with E-state index in [0.29, 0.717) is 0 Å². The Labute approximate surface area is 128 Å². The van der Waals surface area contributed by atoms with Crippen LogP contribution < -0.4 is 0 Å². The van der Waals surface area contributed by atoms with Crippen LogP contribution in [0.1, 0.15) is 11.1 Å². The van der Waals surface area contributed by atoms with Gasteiger partial charge in [0.05, 0.1) is 0 Å². The fourth-order valence-corrected chi connectivity index (χ4v) is 10.9. The van der Waals surface area contributed by atoms with Crippen molar-refractivity contribution in [3.8, 4) is 0 Å². The molecule has 0 aromatic heterocycles. The summed E-state index contributed by atoms with van der Waals surface area (Å²) in [5.74, 6) is 0. The molecule has 1 aliphatic rings. The minimum absolute atomic E-state index is 0.0403. The van der Waals surface area contributed by atoms with Crippen LogP contribution in [0.4, 0.5) is 0 Å². The van der Waals surface area contributed by atoms with Crippen LogP contribution in [0, 0.1) is 0 Å². The van der Waals surface area contributed by atoms with E-state index in [-0.39, 0.29) is 41.8 Å². The molecular formula is C16H12Te2. The van der Waals surface area contributed by atoms with Gasteiger partial charge < -0.3 is 0 Å². The van der Waals surface area contributed by atoms with Crippen molar-refractivity contribution >= 4 is 51.5 Å². The van der Waals surface area contributed by atoms with Crippen LogP contribution >= 0.6 is 0 Å². The molecule has 1 aliphatic heterocycles. The third-order valence-corrected chi connectivity index (χ3v) is 12.1. The van der Waals surface area contributed by atoms with Crippen molar-refractivity contribution in [2.45, 2.75) is 0 Å². The van der Waals surface area contributed by atoms with E-state index < -0.39 is 0 Å². The molecule has 0 nitrogen and oxygen atoms in total. The van der Waals surface area contributed by atoms with Crippen molar-refractivity contribution < 1.29 is 0 Å². The van der Waals surface area contributed by atoms with E-state index in [2.05, 4.69) is 70.9 Å². The van der Waals surface area contributed by atoms with Gasteiger partial charge in [-0.25, -0.2) is 0 Å². The van der Waals surface area contributed by atoms with Crippen LogP contribution in [0.25, 0.3) is 9.70 Å². The van der Waals surface area contributed by atoms with Crippen LogP contribution in [-0.2, 0) is 0 Å². The molecule has 18 heavy (non-hydrogen) atoms. The molecular weight excluding hydrogens is 447 g/mol. The third kappa shape index (κ3) is 3.08. The number of hydrogen-bond acceptors (Lipinski definition) is 0. The molecule has 0 atom stereocenters. The van der Waals surface area contributed by atoms with Gasteiger partial charge in [-0.2, -0.15) is 0 Å². The molecule has 1 heterocycles. The Morgan fingerprint density at radius 2 is 1.44 bits per heavy atom. The Morgan fingerprint density at radius 3 is 2.17 bits per heavy atom. The van der Waals surface area contributed by atoms with Crippen molar-refractivity contribution in [3.05, 3.63) is 77.6 Å².